The minimum Gasteiger partial charge on any atom is -0.309 e. The quantitative estimate of drug-likeness (QED) is 0.741. The molecule has 3 atom stereocenters. The third-order valence-electron chi connectivity index (χ3n) is 4.20. The molecule has 1 aliphatic carbocycles. The van der Waals surface area contributed by atoms with Gasteiger partial charge in [-0.25, -0.2) is 0 Å². The van der Waals surface area contributed by atoms with Crippen molar-refractivity contribution in [2.45, 2.75) is 25.8 Å². The van der Waals surface area contributed by atoms with Crippen LogP contribution < -0.4 is 5.32 Å². The Hall–Kier alpha value is -0.790. The molecule has 90 valence electrons. The van der Waals surface area contributed by atoms with Crippen LogP contribution in [0.2, 0.25) is 5.02 Å². The van der Waals surface area contributed by atoms with Gasteiger partial charge in [0.2, 0.25) is 0 Å². The molecule has 3 rings (SSSR count). The van der Waals surface area contributed by atoms with E-state index in [4.69, 9.17) is 11.6 Å². The van der Waals surface area contributed by atoms with Crippen molar-refractivity contribution in [3.8, 4) is 0 Å². The monoisotopic (exact) mass is 247 g/mol. The van der Waals surface area contributed by atoms with E-state index >= 15 is 0 Å². The molecule has 2 heteroatoms. The number of piperidine rings is 1. The molecule has 1 N–H and O–H groups in total. The molecule has 1 nitrogen and oxygen atoms in total. The zero-order chi connectivity index (χ0) is 11.8. The van der Waals surface area contributed by atoms with Crippen molar-refractivity contribution in [3.63, 3.8) is 0 Å². The van der Waals surface area contributed by atoms with E-state index in [1.807, 2.05) is 12.1 Å². The van der Waals surface area contributed by atoms with Crippen LogP contribution >= 0.6 is 11.6 Å². The number of fused-ring (bicyclic) bond motifs is 2. The lowest BCUT2D eigenvalue weighted by Crippen LogP contribution is -2.41. The van der Waals surface area contributed by atoms with Gasteiger partial charge in [-0.05, 0) is 55.8 Å². The number of rotatable bonds is 1. The molecule has 0 spiro atoms. The lowest BCUT2D eigenvalue weighted by atomic mass is 9.73. The Labute approximate surface area is 108 Å². The van der Waals surface area contributed by atoms with E-state index in [0.29, 0.717) is 12.0 Å². The SMILES string of the molecule is CC1=CC[C@H]2CN[C@@H](c3ccc(Cl)cc3)[C@@H]1C2. The van der Waals surface area contributed by atoms with Crippen LogP contribution in [0.15, 0.2) is 35.9 Å². The number of allylic oxidation sites excluding steroid dienone is 1. The molecule has 17 heavy (non-hydrogen) atoms. The lowest BCUT2D eigenvalue weighted by molar-refractivity contribution is 0.233. The smallest absolute Gasteiger partial charge is 0.0406 e. The molecular formula is C15H18ClN. The normalized spacial score (nSPS) is 32.1. The fourth-order valence-corrected chi connectivity index (χ4v) is 3.29. The Kier molecular flexibility index (Phi) is 2.97. The van der Waals surface area contributed by atoms with E-state index < -0.39 is 0 Å². The van der Waals surface area contributed by atoms with E-state index in [1.165, 1.54) is 18.4 Å². The van der Waals surface area contributed by atoms with Crippen molar-refractivity contribution in [3.05, 3.63) is 46.5 Å². The largest absolute Gasteiger partial charge is 0.309 e. The highest BCUT2D eigenvalue weighted by Crippen LogP contribution is 2.41. The first-order valence-electron chi connectivity index (χ1n) is 6.39. The van der Waals surface area contributed by atoms with Crippen LogP contribution in [0.5, 0.6) is 0 Å². The van der Waals surface area contributed by atoms with Gasteiger partial charge in [-0.15, -0.1) is 0 Å². The molecule has 0 saturated carbocycles. The Morgan fingerprint density at radius 3 is 2.76 bits per heavy atom. The molecule has 1 fully saturated rings. The van der Waals surface area contributed by atoms with Crippen LogP contribution in [0.1, 0.15) is 31.4 Å². The molecule has 0 radical (unpaired) electrons. The molecule has 0 amide bonds. The van der Waals surface area contributed by atoms with E-state index in [-0.39, 0.29) is 0 Å². The highest BCUT2D eigenvalue weighted by molar-refractivity contribution is 6.30. The first kappa shape index (κ1) is 11.3. The van der Waals surface area contributed by atoms with Gasteiger partial charge in [0.15, 0.2) is 0 Å². The van der Waals surface area contributed by atoms with Crippen LogP contribution in [-0.2, 0) is 0 Å². The van der Waals surface area contributed by atoms with Gasteiger partial charge in [-0.3, -0.25) is 0 Å². The summed E-state index contributed by atoms with van der Waals surface area (Å²) in [6.45, 7) is 3.42. The second-order valence-electron chi connectivity index (χ2n) is 5.33. The summed E-state index contributed by atoms with van der Waals surface area (Å²) in [5.74, 6) is 1.51. The maximum Gasteiger partial charge on any atom is 0.0406 e. The van der Waals surface area contributed by atoms with Crippen molar-refractivity contribution in [1.29, 1.82) is 0 Å². The summed E-state index contributed by atoms with van der Waals surface area (Å²) in [6.07, 6.45) is 5.02. The van der Waals surface area contributed by atoms with Crippen molar-refractivity contribution >= 4 is 11.6 Å². The highest BCUT2D eigenvalue weighted by atomic mass is 35.5. The van der Waals surface area contributed by atoms with Gasteiger partial charge in [-0.1, -0.05) is 35.4 Å². The van der Waals surface area contributed by atoms with E-state index in [9.17, 15) is 0 Å². The fraction of sp³-hybridized carbons (Fsp3) is 0.467. The molecule has 0 aromatic heterocycles. The van der Waals surface area contributed by atoms with E-state index in [1.54, 1.807) is 5.57 Å². The molecule has 1 saturated heterocycles. The molecule has 0 unspecified atom stereocenters. The zero-order valence-corrected chi connectivity index (χ0v) is 10.9. The standard InChI is InChI=1S/C15H18ClN/c1-10-2-3-11-8-14(10)15(17-9-11)12-4-6-13(16)7-5-12/h2,4-7,11,14-15,17H,3,8-9H2,1H3/t11-,14-,15+/m1/s1. The molecular weight excluding hydrogens is 230 g/mol. The maximum absolute atomic E-state index is 5.95. The summed E-state index contributed by atoms with van der Waals surface area (Å²) < 4.78 is 0. The average Bonchev–Trinajstić information content (AvgIpc) is 2.36. The average molecular weight is 248 g/mol. The van der Waals surface area contributed by atoms with Crippen LogP contribution in [0, 0.1) is 11.8 Å². The molecule has 1 aromatic rings. The van der Waals surface area contributed by atoms with Gasteiger partial charge in [0.1, 0.15) is 0 Å². The number of hydrogen-bond donors (Lipinski definition) is 1. The molecule has 1 aliphatic heterocycles. The van der Waals surface area contributed by atoms with E-state index in [0.717, 1.165) is 17.5 Å². The van der Waals surface area contributed by atoms with Crippen molar-refractivity contribution < 1.29 is 0 Å². The van der Waals surface area contributed by atoms with Crippen LogP contribution in [0.25, 0.3) is 0 Å². The van der Waals surface area contributed by atoms with Gasteiger partial charge in [0.25, 0.3) is 0 Å². The molecule has 1 heterocycles. The van der Waals surface area contributed by atoms with Crippen LogP contribution in [0.3, 0.4) is 0 Å². The highest BCUT2D eigenvalue weighted by Gasteiger charge is 2.34. The number of hydrogen-bond acceptors (Lipinski definition) is 1. The first-order chi connectivity index (χ1) is 8.24. The third kappa shape index (κ3) is 2.14. The predicted molar refractivity (Wildman–Crippen MR) is 72.2 cm³/mol. The lowest BCUT2D eigenvalue weighted by Gasteiger charge is -2.41. The molecule has 2 aliphatic rings. The summed E-state index contributed by atoms with van der Waals surface area (Å²) in [5.41, 5.74) is 2.92. The van der Waals surface area contributed by atoms with Gasteiger partial charge in [-0.2, -0.15) is 0 Å². The summed E-state index contributed by atoms with van der Waals surface area (Å²) >= 11 is 5.95. The second-order valence-corrected chi connectivity index (χ2v) is 5.77. The Balaban J connectivity index is 1.90. The van der Waals surface area contributed by atoms with Gasteiger partial charge in [0, 0.05) is 11.1 Å². The van der Waals surface area contributed by atoms with Crippen molar-refractivity contribution in [2.75, 3.05) is 6.54 Å². The minimum absolute atomic E-state index is 0.472. The predicted octanol–water partition coefficient (Wildman–Crippen LogP) is 3.96. The number of nitrogens with one attached hydrogen (secondary N) is 1. The summed E-state index contributed by atoms with van der Waals surface area (Å²) in [4.78, 5) is 0. The fourth-order valence-electron chi connectivity index (χ4n) is 3.17. The number of benzene rings is 1. The zero-order valence-electron chi connectivity index (χ0n) is 10.1. The Bertz CT molecular complexity index is 435. The number of halogens is 1. The summed E-state index contributed by atoms with van der Waals surface area (Å²) in [5, 5.41) is 4.52. The van der Waals surface area contributed by atoms with Gasteiger partial charge < -0.3 is 5.32 Å². The minimum atomic E-state index is 0.472. The summed E-state index contributed by atoms with van der Waals surface area (Å²) in [7, 11) is 0. The second kappa shape index (κ2) is 4.47. The maximum atomic E-state index is 5.95. The first-order valence-corrected chi connectivity index (χ1v) is 6.77. The topological polar surface area (TPSA) is 12.0 Å². The van der Waals surface area contributed by atoms with Crippen molar-refractivity contribution in [2.24, 2.45) is 11.8 Å². The van der Waals surface area contributed by atoms with Crippen molar-refractivity contribution in [1.82, 2.24) is 5.32 Å². The molecule has 2 bridgehead atoms. The van der Waals surface area contributed by atoms with Gasteiger partial charge in [0.05, 0.1) is 0 Å². The third-order valence-corrected chi connectivity index (χ3v) is 4.46. The summed E-state index contributed by atoms with van der Waals surface area (Å²) in [6, 6.07) is 8.77. The van der Waals surface area contributed by atoms with Crippen LogP contribution in [0.4, 0.5) is 0 Å². The Morgan fingerprint density at radius 1 is 1.24 bits per heavy atom. The van der Waals surface area contributed by atoms with Crippen LogP contribution in [-0.4, -0.2) is 6.54 Å². The Morgan fingerprint density at radius 2 is 2.00 bits per heavy atom. The van der Waals surface area contributed by atoms with E-state index in [2.05, 4.69) is 30.4 Å². The molecule has 1 aromatic carbocycles. The van der Waals surface area contributed by atoms with Gasteiger partial charge >= 0.3 is 0 Å².